The minimum absolute atomic E-state index is 0.295. The van der Waals surface area contributed by atoms with E-state index in [0.29, 0.717) is 17.2 Å². The van der Waals surface area contributed by atoms with Crippen molar-refractivity contribution in [2.45, 2.75) is 6.92 Å². The Morgan fingerprint density at radius 3 is 2.81 bits per heavy atom. The van der Waals surface area contributed by atoms with E-state index in [1.165, 1.54) is 12.1 Å². The molecule has 0 saturated heterocycles. The standard InChI is InChI=1S/C12H12FN3/c1-8-5-6-11(14)12(15-8)16-10-4-2-3-9(13)7-10/h2-7H,14H2,1H3,(H,15,16). The molecular formula is C12H12FN3. The first-order chi connectivity index (χ1) is 7.65. The number of nitrogens with zero attached hydrogens (tertiary/aromatic N) is 1. The van der Waals surface area contributed by atoms with Gasteiger partial charge >= 0.3 is 0 Å². The van der Waals surface area contributed by atoms with Gasteiger partial charge < -0.3 is 11.1 Å². The number of aryl methyl sites for hydroxylation is 1. The summed E-state index contributed by atoms with van der Waals surface area (Å²) in [6.07, 6.45) is 0. The highest BCUT2D eigenvalue weighted by Gasteiger charge is 2.02. The molecule has 1 aromatic heterocycles. The average molecular weight is 217 g/mol. The summed E-state index contributed by atoms with van der Waals surface area (Å²) in [5.74, 6) is 0.252. The number of nitrogens with two attached hydrogens (primary N) is 1. The Labute approximate surface area is 93.1 Å². The van der Waals surface area contributed by atoms with Crippen LogP contribution in [0.1, 0.15) is 5.69 Å². The number of hydrogen-bond acceptors (Lipinski definition) is 3. The van der Waals surface area contributed by atoms with Crippen molar-refractivity contribution >= 4 is 17.2 Å². The van der Waals surface area contributed by atoms with E-state index in [9.17, 15) is 4.39 Å². The van der Waals surface area contributed by atoms with Crippen molar-refractivity contribution in [3.8, 4) is 0 Å². The van der Waals surface area contributed by atoms with Crippen LogP contribution >= 0.6 is 0 Å². The average Bonchev–Trinajstić information content (AvgIpc) is 2.24. The van der Waals surface area contributed by atoms with Gasteiger partial charge in [0.25, 0.3) is 0 Å². The summed E-state index contributed by atoms with van der Waals surface area (Å²) in [7, 11) is 0. The molecule has 0 fully saturated rings. The molecule has 4 heteroatoms. The Balaban J connectivity index is 2.30. The van der Waals surface area contributed by atoms with E-state index < -0.39 is 0 Å². The fraction of sp³-hybridized carbons (Fsp3) is 0.0833. The first-order valence-corrected chi connectivity index (χ1v) is 4.91. The molecule has 0 atom stereocenters. The van der Waals surface area contributed by atoms with E-state index in [-0.39, 0.29) is 5.82 Å². The Morgan fingerprint density at radius 1 is 1.25 bits per heavy atom. The van der Waals surface area contributed by atoms with Crippen molar-refractivity contribution in [3.63, 3.8) is 0 Å². The van der Waals surface area contributed by atoms with Gasteiger partial charge in [0, 0.05) is 11.4 Å². The van der Waals surface area contributed by atoms with E-state index in [2.05, 4.69) is 10.3 Å². The van der Waals surface area contributed by atoms with Crippen molar-refractivity contribution in [3.05, 3.63) is 47.9 Å². The van der Waals surface area contributed by atoms with Crippen molar-refractivity contribution in [1.82, 2.24) is 4.98 Å². The zero-order valence-electron chi connectivity index (χ0n) is 8.87. The molecule has 0 aliphatic heterocycles. The van der Waals surface area contributed by atoms with Gasteiger partial charge in [-0.3, -0.25) is 0 Å². The Hall–Kier alpha value is -2.10. The molecule has 3 nitrogen and oxygen atoms in total. The van der Waals surface area contributed by atoms with Crippen molar-refractivity contribution in [2.75, 3.05) is 11.1 Å². The van der Waals surface area contributed by atoms with Gasteiger partial charge in [0.05, 0.1) is 5.69 Å². The van der Waals surface area contributed by atoms with Crippen LogP contribution in [-0.4, -0.2) is 4.98 Å². The molecule has 3 N–H and O–H groups in total. The molecule has 2 rings (SSSR count). The van der Waals surface area contributed by atoms with Gasteiger partial charge in [-0.05, 0) is 37.3 Å². The highest BCUT2D eigenvalue weighted by molar-refractivity contribution is 5.68. The minimum Gasteiger partial charge on any atom is -0.396 e. The maximum Gasteiger partial charge on any atom is 0.153 e. The molecule has 0 amide bonds. The van der Waals surface area contributed by atoms with Gasteiger partial charge in [-0.2, -0.15) is 0 Å². The summed E-state index contributed by atoms with van der Waals surface area (Å²) in [4.78, 5) is 4.24. The monoisotopic (exact) mass is 217 g/mol. The van der Waals surface area contributed by atoms with Crippen LogP contribution in [0.3, 0.4) is 0 Å². The van der Waals surface area contributed by atoms with E-state index in [1.807, 2.05) is 13.0 Å². The first-order valence-electron chi connectivity index (χ1n) is 4.91. The van der Waals surface area contributed by atoms with Gasteiger partial charge in [0.2, 0.25) is 0 Å². The first kappa shape index (κ1) is 10.4. The van der Waals surface area contributed by atoms with Crippen molar-refractivity contribution in [2.24, 2.45) is 0 Å². The molecule has 1 aromatic carbocycles. The zero-order valence-corrected chi connectivity index (χ0v) is 8.87. The normalized spacial score (nSPS) is 10.1. The Morgan fingerprint density at radius 2 is 2.06 bits per heavy atom. The fourth-order valence-electron chi connectivity index (χ4n) is 1.37. The molecule has 2 aromatic rings. The van der Waals surface area contributed by atoms with Crippen LogP contribution in [0.4, 0.5) is 21.6 Å². The van der Waals surface area contributed by atoms with E-state index in [1.54, 1.807) is 18.2 Å². The Bertz CT molecular complexity index is 511. The van der Waals surface area contributed by atoms with Crippen LogP contribution in [0.5, 0.6) is 0 Å². The van der Waals surface area contributed by atoms with Gasteiger partial charge in [-0.25, -0.2) is 9.37 Å². The van der Waals surface area contributed by atoms with Gasteiger partial charge in [-0.1, -0.05) is 6.07 Å². The van der Waals surface area contributed by atoms with Crippen molar-refractivity contribution < 1.29 is 4.39 Å². The van der Waals surface area contributed by atoms with Crippen molar-refractivity contribution in [1.29, 1.82) is 0 Å². The molecule has 0 aliphatic carbocycles. The summed E-state index contributed by atoms with van der Waals surface area (Å²) in [5.41, 5.74) is 7.78. The van der Waals surface area contributed by atoms with Gasteiger partial charge in [0.15, 0.2) is 5.82 Å². The number of pyridine rings is 1. The second-order valence-corrected chi connectivity index (χ2v) is 3.53. The summed E-state index contributed by atoms with van der Waals surface area (Å²) < 4.78 is 13.0. The molecule has 1 heterocycles. The highest BCUT2D eigenvalue weighted by atomic mass is 19.1. The van der Waals surface area contributed by atoms with Gasteiger partial charge in [-0.15, -0.1) is 0 Å². The number of benzene rings is 1. The molecule has 0 radical (unpaired) electrons. The number of halogens is 1. The largest absolute Gasteiger partial charge is 0.396 e. The third-order valence-electron chi connectivity index (χ3n) is 2.15. The van der Waals surface area contributed by atoms with Crippen LogP contribution in [0.25, 0.3) is 0 Å². The summed E-state index contributed by atoms with van der Waals surface area (Å²) >= 11 is 0. The number of hydrogen-bond donors (Lipinski definition) is 2. The van der Waals surface area contributed by atoms with Crippen LogP contribution in [0, 0.1) is 12.7 Å². The van der Waals surface area contributed by atoms with Crippen LogP contribution in [0.2, 0.25) is 0 Å². The maximum atomic E-state index is 13.0. The molecule has 0 saturated carbocycles. The molecule has 0 unspecified atom stereocenters. The molecule has 0 spiro atoms. The SMILES string of the molecule is Cc1ccc(N)c(Nc2cccc(F)c2)n1. The minimum atomic E-state index is -0.295. The molecule has 0 aliphatic rings. The van der Waals surface area contributed by atoms with E-state index in [4.69, 9.17) is 5.73 Å². The van der Waals surface area contributed by atoms with E-state index >= 15 is 0 Å². The summed E-state index contributed by atoms with van der Waals surface area (Å²) in [5, 5.41) is 2.98. The van der Waals surface area contributed by atoms with Crippen LogP contribution < -0.4 is 11.1 Å². The number of nitrogen functional groups attached to an aromatic ring is 1. The number of aromatic nitrogens is 1. The quantitative estimate of drug-likeness (QED) is 0.813. The van der Waals surface area contributed by atoms with Gasteiger partial charge in [0.1, 0.15) is 5.82 Å². The molecular weight excluding hydrogens is 205 g/mol. The van der Waals surface area contributed by atoms with Crippen LogP contribution in [-0.2, 0) is 0 Å². The molecule has 82 valence electrons. The lowest BCUT2D eigenvalue weighted by Crippen LogP contribution is -2.00. The predicted molar refractivity (Wildman–Crippen MR) is 63.1 cm³/mol. The lowest BCUT2D eigenvalue weighted by atomic mass is 10.3. The molecule has 0 bridgehead atoms. The molecule has 16 heavy (non-hydrogen) atoms. The lowest BCUT2D eigenvalue weighted by Gasteiger charge is -2.08. The number of rotatable bonds is 2. The van der Waals surface area contributed by atoms with Crippen LogP contribution in [0.15, 0.2) is 36.4 Å². The Kier molecular flexibility index (Phi) is 2.72. The fourth-order valence-corrected chi connectivity index (χ4v) is 1.37. The van der Waals surface area contributed by atoms with E-state index in [0.717, 1.165) is 5.69 Å². The smallest absolute Gasteiger partial charge is 0.153 e. The maximum absolute atomic E-state index is 13.0. The highest BCUT2D eigenvalue weighted by Crippen LogP contribution is 2.21. The third kappa shape index (κ3) is 2.28. The zero-order chi connectivity index (χ0) is 11.5. The second kappa shape index (κ2) is 4.18. The second-order valence-electron chi connectivity index (χ2n) is 3.53. The topological polar surface area (TPSA) is 50.9 Å². The third-order valence-corrected chi connectivity index (χ3v) is 2.15. The predicted octanol–water partition coefficient (Wildman–Crippen LogP) is 2.85. The summed E-state index contributed by atoms with van der Waals surface area (Å²) in [6.45, 7) is 1.87. The summed E-state index contributed by atoms with van der Waals surface area (Å²) in [6, 6.07) is 9.76. The number of nitrogens with one attached hydrogen (secondary N) is 1. The lowest BCUT2D eigenvalue weighted by molar-refractivity contribution is 0.628. The number of anilines is 3.